The van der Waals surface area contributed by atoms with Crippen LogP contribution >= 0.6 is 0 Å². The van der Waals surface area contributed by atoms with E-state index in [1.165, 1.54) is 15.5 Å². The Bertz CT molecular complexity index is 1650. The van der Waals surface area contributed by atoms with Crippen molar-refractivity contribution in [2.24, 2.45) is 7.05 Å². The fourth-order valence-corrected chi connectivity index (χ4v) is 4.39. The molecule has 0 spiro atoms. The number of benzene rings is 2. The van der Waals surface area contributed by atoms with Crippen molar-refractivity contribution >= 4 is 34.4 Å². The van der Waals surface area contributed by atoms with Crippen molar-refractivity contribution in [1.29, 1.82) is 0 Å². The number of nitrogens with one attached hydrogen (secondary N) is 2. The maximum Gasteiger partial charge on any atom is 0.271 e. The zero-order valence-electron chi connectivity index (χ0n) is 18.4. The zero-order valence-corrected chi connectivity index (χ0v) is 18.4. The fraction of sp³-hybridized carbons (Fsp3) is 0.120. The molecule has 0 radical (unpaired) electrons. The summed E-state index contributed by atoms with van der Waals surface area (Å²) in [6.45, 7) is 2.11. The molecular weight excluding hydrogens is 436 g/mol. The van der Waals surface area contributed by atoms with Crippen LogP contribution in [0.25, 0.3) is 28.2 Å². The third-order valence-electron chi connectivity index (χ3n) is 6.11. The van der Waals surface area contributed by atoms with Gasteiger partial charge in [0.2, 0.25) is 5.78 Å². The van der Waals surface area contributed by atoms with Gasteiger partial charge in [-0.1, -0.05) is 24.3 Å². The number of Topliss-reactive ketones (excluding diaryl/α,β-unsaturated/α-hetero) is 1. The number of aromatic hydroxyl groups is 1. The second-order valence-electron chi connectivity index (χ2n) is 7.93. The highest BCUT2D eigenvalue weighted by atomic mass is 16.3. The van der Waals surface area contributed by atoms with E-state index in [2.05, 4.69) is 10.2 Å². The first-order valence-electron chi connectivity index (χ1n) is 10.6. The minimum Gasteiger partial charge on any atom is -0.506 e. The average molecular weight is 456 g/mol. The lowest BCUT2D eigenvalue weighted by molar-refractivity contribution is -0.114. The first-order valence-corrected chi connectivity index (χ1v) is 10.6. The number of amides is 1. The van der Waals surface area contributed by atoms with Gasteiger partial charge >= 0.3 is 0 Å². The van der Waals surface area contributed by atoms with Crippen molar-refractivity contribution in [1.82, 2.24) is 14.8 Å². The molecule has 0 unspecified atom stereocenters. The lowest BCUT2D eigenvalue weighted by Gasteiger charge is -2.28. The molecule has 0 saturated carbocycles. The van der Waals surface area contributed by atoms with Gasteiger partial charge in [0.05, 0.1) is 28.0 Å². The summed E-state index contributed by atoms with van der Waals surface area (Å²) < 4.78 is 1.36. The molecule has 5 rings (SSSR count). The van der Waals surface area contributed by atoms with Gasteiger partial charge in [-0.25, -0.2) is 0 Å². The van der Waals surface area contributed by atoms with Crippen LogP contribution in [-0.2, 0) is 11.8 Å². The van der Waals surface area contributed by atoms with Crippen LogP contribution in [0, 0.1) is 0 Å². The molecule has 4 aromatic rings. The van der Waals surface area contributed by atoms with Gasteiger partial charge in [0.1, 0.15) is 11.3 Å². The van der Waals surface area contributed by atoms with Crippen LogP contribution in [0.3, 0.4) is 0 Å². The van der Waals surface area contributed by atoms with Gasteiger partial charge in [0.15, 0.2) is 0 Å². The molecular formula is C25H20N4O5. The van der Waals surface area contributed by atoms with E-state index in [1.807, 2.05) is 0 Å². The minimum atomic E-state index is -0.639. The molecule has 0 saturated heterocycles. The molecule has 1 amide bonds. The highest BCUT2D eigenvalue weighted by Crippen LogP contribution is 2.35. The van der Waals surface area contributed by atoms with Crippen molar-refractivity contribution in [2.45, 2.75) is 6.92 Å². The molecule has 0 fully saturated rings. The summed E-state index contributed by atoms with van der Waals surface area (Å²) in [7, 11) is 1.56. The Morgan fingerprint density at radius 1 is 0.971 bits per heavy atom. The molecule has 3 N–H and O–H groups in total. The number of carbonyl (C=O) groups is 2. The van der Waals surface area contributed by atoms with E-state index < -0.39 is 22.8 Å². The molecule has 3 heterocycles. The summed E-state index contributed by atoms with van der Waals surface area (Å²) in [4.78, 5) is 53.7. The molecule has 1 aliphatic heterocycles. The number of likely N-dealkylation sites (N-methyl/N-ethyl adjacent to an activating group) is 1. The van der Waals surface area contributed by atoms with Crippen LogP contribution in [0.5, 0.6) is 5.75 Å². The quantitative estimate of drug-likeness (QED) is 0.322. The van der Waals surface area contributed by atoms with Crippen LogP contribution in [0.4, 0.5) is 5.69 Å². The number of aromatic nitrogens is 3. The molecule has 0 bridgehead atoms. The second kappa shape index (κ2) is 7.73. The van der Waals surface area contributed by atoms with Crippen LogP contribution in [0.1, 0.15) is 22.8 Å². The van der Waals surface area contributed by atoms with E-state index in [-0.39, 0.29) is 28.1 Å². The number of para-hydroxylation sites is 2. The number of hydrogen-bond acceptors (Lipinski definition) is 5. The van der Waals surface area contributed by atoms with Gasteiger partial charge in [-0.05, 0) is 37.3 Å². The van der Waals surface area contributed by atoms with Gasteiger partial charge < -0.3 is 14.6 Å². The largest absolute Gasteiger partial charge is 0.506 e. The van der Waals surface area contributed by atoms with Crippen molar-refractivity contribution in [3.05, 3.63) is 85.9 Å². The minimum absolute atomic E-state index is 0.0103. The predicted molar refractivity (Wildman–Crippen MR) is 128 cm³/mol. The van der Waals surface area contributed by atoms with Crippen LogP contribution in [0.2, 0.25) is 0 Å². The Kier molecular flexibility index (Phi) is 4.82. The topological polar surface area (TPSA) is 128 Å². The smallest absolute Gasteiger partial charge is 0.271 e. The van der Waals surface area contributed by atoms with Crippen LogP contribution < -0.4 is 16.0 Å². The third-order valence-corrected chi connectivity index (χ3v) is 6.11. The standard InChI is InChI=1S/C25H20N4O5/c1-3-29-18-11-7-5-9-14(18)21(30)16(24(29)33)12-15-20(26-27-23(15)32)19-22(31)13-8-4-6-10-17(13)28(2)25(19)34/h4-12,31H,3H2,1-2H3,(H2,26,27,32)/b16-12-. The van der Waals surface area contributed by atoms with Crippen LogP contribution in [0.15, 0.2) is 63.7 Å². The van der Waals surface area contributed by atoms with Crippen molar-refractivity contribution in [3.63, 3.8) is 0 Å². The number of ketones is 1. The van der Waals surface area contributed by atoms with Crippen molar-refractivity contribution < 1.29 is 14.7 Å². The Morgan fingerprint density at radius 2 is 1.68 bits per heavy atom. The van der Waals surface area contributed by atoms with E-state index >= 15 is 0 Å². The summed E-state index contributed by atoms with van der Waals surface area (Å²) in [5.74, 6) is -1.38. The molecule has 34 heavy (non-hydrogen) atoms. The highest BCUT2D eigenvalue weighted by molar-refractivity contribution is 6.36. The maximum atomic E-state index is 13.2. The van der Waals surface area contributed by atoms with E-state index in [4.69, 9.17) is 0 Å². The molecule has 9 heteroatoms. The lowest BCUT2D eigenvalue weighted by atomic mass is 9.93. The second-order valence-corrected chi connectivity index (χ2v) is 7.93. The molecule has 2 aromatic heterocycles. The molecule has 2 aromatic carbocycles. The third kappa shape index (κ3) is 2.94. The molecule has 1 aliphatic rings. The first-order chi connectivity index (χ1) is 16.3. The first kappa shape index (κ1) is 21.2. The molecule has 9 nitrogen and oxygen atoms in total. The average Bonchev–Trinajstić information content (AvgIpc) is 3.20. The SMILES string of the molecule is CCN1C(=O)/C(=C\c2c(-c3c(O)c4ccccc4n(C)c3=O)[nH][nH]c2=O)C(=O)c2ccccc21. The zero-order chi connectivity index (χ0) is 24.1. The normalized spacial score (nSPS) is 14.8. The van der Waals surface area contributed by atoms with E-state index in [9.17, 15) is 24.3 Å². The summed E-state index contributed by atoms with van der Waals surface area (Å²) in [6.07, 6.45) is 1.18. The lowest BCUT2D eigenvalue weighted by Crippen LogP contribution is -2.39. The van der Waals surface area contributed by atoms with Gasteiger partial charge in [0.25, 0.3) is 17.0 Å². The Labute approximate surface area is 192 Å². The highest BCUT2D eigenvalue weighted by Gasteiger charge is 2.34. The Hall–Kier alpha value is -4.66. The molecule has 0 atom stereocenters. The predicted octanol–water partition coefficient (Wildman–Crippen LogP) is 2.56. The number of carbonyl (C=O) groups excluding carboxylic acids is 2. The number of aromatic amines is 2. The van der Waals surface area contributed by atoms with Gasteiger partial charge in [0, 0.05) is 24.5 Å². The summed E-state index contributed by atoms with van der Waals surface area (Å²) in [6, 6.07) is 13.6. The fourth-order valence-electron chi connectivity index (χ4n) is 4.39. The number of nitrogens with zero attached hydrogens (tertiary/aromatic N) is 2. The van der Waals surface area contributed by atoms with Crippen molar-refractivity contribution in [2.75, 3.05) is 11.4 Å². The Morgan fingerprint density at radius 3 is 2.44 bits per heavy atom. The van der Waals surface area contributed by atoms with Crippen LogP contribution in [-0.4, -0.2) is 38.1 Å². The van der Waals surface area contributed by atoms with E-state index in [1.54, 1.807) is 62.5 Å². The monoisotopic (exact) mass is 456 g/mol. The maximum absolute atomic E-state index is 13.2. The van der Waals surface area contributed by atoms with E-state index in [0.717, 1.165) is 0 Å². The summed E-state index contributed by atoms with van der Waals surface area (Å²) in [5.41, 5.74) is -0.293. The molecule has 170 valence electrons. The van der Waals surface area contributed by atoms with Gasteiger partial charge in [-0.15, -0.1) is 0 Å². The number of fused-ring (bicyclic) bond motifs is 2. The number of H-pyrrole nitrogens is 2. The number of anilines is 1. The van der Waals surface area contributed by atoms with E-state index in [0.29, 0.717) is 28.7 Å². The number of aryl methyl sites for hydroxylation is 1. The number of hydrogen-bond donors (Lipinski definition) is 3. The number of pyridine rings is 1. The number of rotatable bonds is 3. The molecule has 0 aliphatic carbocycles. The van der Waals surface area contributed by atoms with Gasteiger partial charge in [-0.2, -0.15) is 0 Å². The summed E-state index contributed by atoms with van der Waals surface area (Å²) >= 11 is 0. The van der Waals surface area contributed by atoms with Crippen molar-refractivity contribution in [3.8, 4) is 17.0 Å². The Balaban J connectivity index is 1.76. The van der Waals surface area contributed by atoms with Gasteiger partial charge in [-0.3, -0.25) is 29.4 Å². The summed E-state index contributed by atoms with van der Waals surface area (Å²) in [5, 5.41) is 16.4.